The topological polar surface area (TPSA) is 46.1 Å². The largest absolute Gasteiger partial charge is 0.347 e. The van der Waals surface area contributed by atoms with Gasteiger partial charge in [-0.1, -0.05) is 13.8 Å². The van der Waals surface area contributed by atoms with Crippen molar-refractivity contribution in [2.24, 2.45) is 5.92 Å². The van der Waals surface area contributed by atoms with Gasteiger partial charge in [0, 0.05) is 26.2 Å². The van der Waals surface area contributed by atoms with Crippen molar-refractivity contribution in [3.05, 3.63) is 18.0 Å². The van der Waals surface area contributed by atoms with E-state index in [2.05, 4.69) is 9.97 Å². The van der Waals surface area contributed by atoms with Crippen LogP contribution in [-0.4, -0.2) is 29.8 Å². The average molecular weight is 193 g/mol. The SMILES string of the molecule is CC(C)C(=O)c1ccnc(N(C)C)n1. The molecule has 0 N–H and O–H groups in total. The van der Waals surface area contributed by atoms with E-state index in [1.807, 2.05) is 27.9 Å². The van der Waals surface area contributed by atoms with Crippen LogP contribution in [0.4, 0.5) is 5.95 Å². The van der Waals surface area contributed by atoms with Crippen molar-refractivity contribution in [2.45, 2.75) is 13.8 Å². The third kappa shape index (κ3) is 2.28. The monoisotopic (exact) mass is 193 g/mol. The zero-order valence-corrected chi connectivity index (χ0v) is 8.98. The van der Waals surface area contributed by atoms with Gasteiger partial charge < -0.3 is 4.90 Å². The summed E-state index contributed by atoms with van der Waals surface area (Å²) in [6, 6.07) is 1.65. The maximum absolute atomic E-state index is 11.6. The molecule has 0 radical (unpaired) electrons. The van der Waals surface area contributed by atoms with Crippen LogP contribution in [0.1, 0.15) is 24.3 Å². The molecule has 0 saturated heterocycles. The highest BCUT2D eigenvalue weighted by atomic mass is 16.1. The zero-order valence-electron chi connectivity index (χ0n) is 8.98. The molecule has 0 saturated carbocycles. The highest BCUT2D eigenvalue weighted by Gasteiger charge is 2.12. The zero-order chi connectivity index (χ0) is 10.7. The van der Waals surface area contributed by atoms with Crippen molar-refractivity contribution in [1.29, 1.82) is 0 Å². The van der Waals surface area contributed by atoms with Crippen LogP contribution >= 0.6 is 0 Å². The van der Waals surface area contributed by atoms with Gasteiger partial charge in [-0.3, -0.25) is 4.79 Å². The smallest absolute Gasteiger partial charge is 0.225 e. The van der Waals surface area contributed by atoms with Gasteiger partial charge in [-0.2, -0.15) is 0 Å². The van der Waals surface area contributed by atoms with Gasteiger partial charge in [0.2, 0.25) is 5.95 Å². The Morgan fingerprint density at radius 1 is 1.43 bits per heavy atom. The Hall–Kier alpha value is -1.45. The third-order valence-electron chi connectivity index (χ3n) is 1.82. The van der Waals surface area contributed by atoms with Gasteiger partial charge in [-0.25, -0.2) is 9.97 Å². The molecule has 1 aromatic rings. The lowest BCUT2D eigenvalue weighted by molar-refractivity contribution is 0.0934. The fraction of sp³-hybridized carbons (Fsp3) is 0.500. The molecule has 1 rings (SSSR count). The number of nitrogens with zero attached hydrogens (tertiary/aromatic N) is 3. The molecule has 0 aliphatic rings. The molecule has 0 amide bonds. The minimum atomic E-state index is -0.0279. The predicted molar refractivity (Wildman–Crippen MR) is 55.5 cm³/mol. The first kappa shape index (κ1) is 10.6. The summed E-state index contributed by atoms with van der Waals surface area (Å²) in [6.45, 7) is 3.72. The van der Waals surface area contributed by atoms with Crippen LogP contribution in [0, 0.1) is 5.92 Å². The Morgan fingerprint density at radius 2 is 2.07 bits per heavy atom. The van der Waals surface area contributed by atoms with Crippen LogP contribution in [-0.2, 0) is 0 Å². The fourth-order valence-corrected chi connectivity index (χ4v) is 0.997. The quantitative estimate of drug-likeness (QED) is 0.680. The van der Waals surface area contributed by atoms with Crippen LogP contribution in [0.5, 0.6) is 0 Å². The van der Waals surface area contributed by atoms with E-state index in [0.29, 0.717) is 11.6 Å². The summed E-state index contributed by atoms with van der Waals surface area (Å²) in [7, 11) is 3.69. The highest BCUT2D eigenvalue weighted by molar-refractivity contribution is 5.95. The van der Waals surface area contributed by atoms with Crippen LogP contribution in [0.2, 0.25) is 0 Å². The van der Waals surface area contributed by atoms with E-state index < -0.39 is 0 Å². The second-order valence-electron chi connectivity index (χ2n) is 3.66. The van der Waals surface area contributed by atoms with E-state index in [0.717, 1.165) is 0 Å². The predicted octanol–water partition coefficient (Wildman–Crippen LogP) is 1.38. The maximum atomic E-state index is 11.6. The lowest BCUT2D eigenvalue weighted by atomic mass is 10.1. The Balaban J connectivity index is 3.00. The molecule has 1 aromatic heterocycles. The van der Waals surface area contributed by atoms with E-state index in [-0.39, 0.29) is 11.7 Å². The second kappa shape index (κ2) is 4.17. The Bertz CT molecular complexity index is 334. The minimum absolute atomic E-state index is 0.0279. The number of ketones is 1. The number of carbonyl (C=O) groups excluding carboxylic acids is 1. The van der Waals surface area contributed by atoms with Crippen LogP contribution in [0.3, 0.4) is 0 Å². The van der Waals surface area contributed by atoms with E-state index in [1.165, 1.54) is 0 Å². The molecule has 0 aliphatic carbocycles. The Kier molecular flexibility index (Phi) is 3.17. The first-order valence-corrected chi connectivity index (χ1v) is 4.57. The summed E-state index contributed by atoms with van der Waals surface area (Å²) < 4.78 is 0. The van der Waals surface area contributed by atoms with E-state index in [4.69, 9.17) is 0 Å². The van der Waals surface area contributed by atoms with Crippen LogP contribution < -0.4 is 4.90 Å². The summed E-state index contributed by atoms with van der Waals surface area (Å²) in [6.07, 6.45) is 1.61. The maximum Gasteiger partial charge on any atom is 0.225 e. The summed E-state index contributed by atoms with van der Waals surface area (Å²) in [4.78, 5) is 21.6. The molecule has 0 aromatic carbocycles. The third-order valence-corrected chi connectivity index (χ3v) is 1.82. The van der Waals surface area contributed by atoms with Gasteiger partial charge in [0.25, 0.3) is 0 Å². The van der Waals surface area contributed by atoms with Gasteiger partial charge in [-0.05, 0) is 6.07 Å². The van der Waals surface area contributed by atoms with E-state index in [1.54, 1.807) is 17.2 Å². The van der Waals surface area contributed by atoms with E-state index in [9.17, 15) is 4.79 Å². The number of hydrogen-bond acceptors (Lipinski definition) is 4. The van der Waals surface area contributed by atoms with Gasteiger partial charge in [0.05, 0.1) is 0 Å². The molecular formula is C10H15N3O. The van der Waals surface area contributed by atoms with Crippen molar-refractivity contribution < 1.29 is 4.79 Å². The second-order valence-corrected chi connectivity index (χ2v) is 3.66. The Morgan fingerprint density at radius 3 is 2.57 bits per heavy atom. The van der Waals surface area contributed by atoms with Crippen molar-refractivity contribution in [2.75, 3.05) is 19.0 Å². The Labute approximate surface area is 84.0 Å². The standard InChI is InChI=1S/C10H15N3O/c1-7(2)9(14)8-5-6-11-10(12-8)13(3)4/h5-7H,1-4H3. The molecule has 0 aliphatic heterocycles. The molecular weight excluding hydrogens is 178 g/mol. The molecule has 1 heterocycles. The number of carbonyl (C=O) groups is 1. The summed E-state index contributed by atoms with van der Waals surface area (Å²) >= 11 is 0. The van der Waals surface area contributed by atoms with Crippen LogP contribution in [0.25, 0.3) is 0 Å². The van der Waals surface area contributed by atoms with Crippen molar-refractivity contribution in [3.63, 3.8) is 0 Å². The first-order valence-electron chi connectivity index (χ1n) is 4.57. The fourth-order valence-electron chi connectivity index (χ4n) is 0.997. The summed E-state index contributed by atoms with van der Waals surface area (Å²) in [5, 5.41) is 0. The van der Waals surface area contributed by atoms with Gasteiger partial charge in [-0.15, -0.1) is 0 Å². The summed E-state index contributed by atoms with van der Waals surface area (Å²) in [5.74, 6) is 0.590. The molecule has 4 nitrogen and oxygen atoms in total. The minimum Gasteiger partial charge on any atom is -0.347 e. The molecule has 0 unspecified atom stereocenters. The highest BCUT2D eigenvalue weighted by Crippen LogP contribution is 2.08. The molecule has 4 heteroatoms. The average Bonchev–Trinajstić information content (AvgIpc) is 2.16. The lowest BCUT2D eigenvalue weighted by Crippen LogP contribution is -2.16. The van der Waals surface area contributed by atoms with Crippen molar-refractivity contribution >= 4 is 11.7 Å². The molecule has 0 spiro atoms. The molecule has 14 heavy (non-hydrogen) atoms. The van der Waals surface area contributed by atoms with Crippen LogP contribution in [0.15, 0.2) is 12.3 Å². The van der Waals surface area contributed by atoms with Crippen molar-refractivity contribution in [1.82, 2.24) is 9.97 Å². The lowest BCUT2D eigenvalue weighted by Gasteiger charge is -2.10. The number of aromatic nitrogens is 2. The number of hydrogen-bond donors (Lipinski definition) is 0. The van der Waals surface area contributed by atoms with E-state index >= 15 is 0 Å². The number of Topliss-reactive ketones (excluding diaryl/α,β-unsaturated/α-hetero) is 1. The van der Waals surface area contributed by atoms with Gasteiger partial charge in [0.15, 0.2) is 5.78 Å². The summed E-state index contributed by atoms with van der Waals surface area (Å²) in [5.41, 5.74) is 0.485. The van der Waals surface area contributed by atoms with Gasteiger partial charge >= 0.3 is 0 Å². The molecule has 0 atom stereocenters. The number of rotatable bonds is 3. The van der Waals surface area contributed by atoms with Crippen molar-refractivity contribution in [3.8, 4) is 0 Å². The molecule has 0 fully saturated rings. The number of anilines is 1. The first-order chi connectivity index (χ1) is 6.52. The normalized spacial score (nSPS) is 10.4. The molecule has 76 valence electrons. The molecule has 0 bridgehead atoms. The van der Waals surface area contributed by atoms with Gasteiger partial charge in [0.1, 0.15) is 5.69 Å².